The Morgan fingerprint density at radius 3 is 3.00 bits per heavy atom. The maximum absolute atomic E-state index is 11.8. The number of hydrogen-bond acceptors (Lipinski definition) is 6. The maximum atomic E-state index is 11.8. The van der Waals surface area contributed by atoms with Crippen molar-refractivity contribution in [2.45, 2.75) is 13.3 Å². The minimum absolute atomic E-state index is 0.210. The predicted octanol–water partition coefficient (Wildman–Crippen LogP) is 2.64. The molecule has 0 unspecified atom stereocenters. The lowest BCUT2D eigenvalue weighted by atomic mass is 10.2. The molecule has 1 aromatic carbocycles. The molecule has 0 aliphatic carbocycles. The van der Waals surface area contributed by atoms with Crippen molar-refractivity contribution in [2.24, 2.45) is 5.10 Å². The second-order valence-corrected chi connectivity index (χ2v) is 6.47. The van der Waals surface area contributed by atoms with E-state index in [1.54, 1.807) is 12.3 Å². The fourth-order valence-corrected chi connectivity index (χ4v) is 2.94. The van der Waals surface area contributed by atoms with Crippen LogP contribution in [0.5, 0.6) is 11.5 Å². The highest BCUT2D eigenvalue weighted by atomic mass is 79.9. The first-order chi connectivity index (χ1) is 10.6. The Balaban J connectivity index is 1.61. The van der Waals surface area contributed by atoms with E-state index >= 15 is 0 Å². The van der Waals surface area contributed by atoms with Crippen LogP contribution in [0.3, 0.4) is 0 Å². The van der Waals surface area contributed by atoms with E-state index in [1.165, 1.54) is 11.3 Å². The zero-order valence-corrected chi connectivity index (χ0v) is 14.0. The number of carbonyl (C=O) groups excluding carboxylic acids is 1. The minimum Gasteiger partial charge on any atom is -0.454 e. The number of nitrogens with one attached hydrogen (secondary N) is 1. The fraction of sp³-hybridized carbons (Fsp3) is 0.214. The summed E-state index contributed by atoms with van der Waals surface area (Å²) in [5.41, 5.74) is 4.02. The topological polar surface area (TPSA) is 72.8 Å². The molecule has 8 heteroatoms. The number of amides is 1. The van der Waals surface area contributed by atoms with Gasteiger partial charge in [0.05, 0.1) is 23.3 Å². The first kappa shape index (κ1) is 15.0. The van der Waals surface area contributed by atoms with Crippen molar-refractivity contribution in [3.63, 3.8) is 0 Å². The highest BCUT2D eigenvalue weighted by Gasteiger charge is 2.15. The molecule has 1 aliphatic heterocycles. The zero-order valence-electron chi connectivity index (χ0n) is 11.6. The van der Waals surface area contributed by atoms with Gasteiger partial charge in [-0.25, -0.2) is 10.4 Å². The molecule has 1 N–H and O–H groups in total. The summed E-state index contributed by atoms with van der Waals surface area (Å²) in [6.07, 6.45) is 1.76. The first-order valence-corrected chi connectivity index (χ1v) is 8.11. The SMILES string of the molecule is Cc1nc(CC(=O)N/N=C\c2cc3c(cc2Br)OCO3)cs1. The predicted molar refractivity (Wildman–Crippen MR) is 86.6 cm³/mol. The summed E-state index contributed by atoms with van der Waals surface area (Å²) in [4.78, 5) is 16.0. The van der Waals surface area contributed by atoms with Gasteiger partial charge in [0.1, 0.15) is 0 Å². The van der Waals surface area contributed by atoms with E-state index in [9.17, 15) is 4.79 Å². The summed E-state index contributed by atoms with van der Waals surface area (Å²) in [5, 5.41) is 6.76. The quantitative estimate of drug-likeness (QED) is 0.652. The van der Waals surface area contributed by atoms with Crippen molar-refractivity contribution in [1.82, 2.24) is 10.4 Å². The molecule has 0 bridgehead atoms. The third kappa shape index (κ3) is 3.45. The van der Waals surface area contributed by atoms with Gasteiger partial charge in [0.15, 0.2) is 11.5 Å². The third-order valence-electron chi connectivity index (χ3n) is 2.89. The monoisotopic (exact) mass is 381 g/mol. The molecule has 114 valence electrons. The lowest BCUT2D eigenvalue weighted by Gasteiger charge is -2.02. The molecule has 2 aromatic rings. The van der Waals surface area contributed by atoms with Crippen LogP contribution >= 0.6 is 27.3 Å². The van der Waals surface area contributed by atoms with E-state index in [0.29, 0.717) is 11.5 Å². The number of thiazole rings is 1. The number of benzene rings is 1. The third-order valence-corrected chi connectivity index (χ3v) is 4.40. The van der Waals surface area contributed by atoms with Crippen molar-refractivity contribution < 1.29 is 14.3 Å². The molecule has 0 radical (unpaired) electrons. The van der Waals surface area contributed by atoms with Crippen LogP contribution < -0.4 is 14.9 Å². The largest absolute Gasteiger partial charge is 0.454 e. The Morgan fingerprint density at radius 2 is 2.27 bits per heavy atom. The normalized spacial score (nSPS) is 12.8. The maximum Gasteiger partial charge on any atom is 0.246 e. The molecular formula is C14H12BrN3O3S. The summed E-state index contributed by atoms with van der Waals surface area (Å²) in [6, 6.07) is 3.61. The Morgan fingerprint density at radius 1 is 1.50 bits per heavy atom. The van der Waals surface area contributed by atoms with Gasteiger partial charge in [-0.15, -0.1) is 11.3 Å². The molecule has 0 spiro atoms. The number of carbonyl (C=O) groups is 1. The number of ether oxygens (including phenoxy) is 2. The van der Waals surface area contributed by atoms with Crippen LogP contribution in [0.1, 0.15) is 16.3 Å². The summed E-state index contributed by atoms with van der Waals surface area (Å²) < 4.78 is 11.4. The van der Waals surface area contributed by atoms with Gasteiger partial charge in [-0.3, -0.25) is 4.79 Å². The fourth-order valence-electron chi connectivity index (χ4n) is 1.90. The molecule has 0 saturated heterocycles. The first-order valence-electron chi connectivity index (χ1n) is 6.44. The van der Waals surface area contributed by atoms with E-state index < -0.39 is 0 Å². The van der Waals surface area contributed by atoms with Gasteiger partial charge >= 0.3 is 0 Å². The molecule has 2 heterocycles. The van der Waals surface area contributed by atoms with E-state index in [-0.39, 0.29) is 19.1 Å². The number of aryl methyl sites for hydroxylation is 1. The highest BCUT2D eigenvalue weighted by Crippen LogP contribution is 2.36. The Labute approximate surface area is 139 Å². The number of hydrogen-bond donors (Lipinski definition) is 1. The van der Waals surface area contributed by atoms with Crippen LogP contribution in [0.25, 0.3) is 0 Å². The summed E-state index contributed by atoms with van der Waals surface area (Å²) in [7, 11) is 0. The number of fused-ring (bicyclic) bond motifs is 1. The Kier molecular flexibility index (Phi) is 4.39. The van der Waals surface area contributed by atoms with Crippen LogP contribution in [0.4, 0.5) is 0 Å². The van der Waals surface area contributed by atoms with Gasteiger partial charge in [-0.2, -0.15) is 5.10 Å². The molecule has 1 amide bonds. The number of hydrazone groups is 1. The molecule has 6 nitrogen and oxygen atoms in total. The van der Waals surface area contributed by atoms with Crippen molar-refractivity contribution in [3.05, 3.63) is 38.3 Å². The molecule has 0 atom stereocenters. The molecular weight excluding hydrogens is 370 g/mol. The molecule has 22 heavy (non-hydrogen) atoms. The van der Waals surface area contributed by atoms with Gasteiger partial charge in [0, 0.05) is 15.4 Å². The molecule has 3 rings (SSSR count). The average molecular weight is 382 g/mol. The van der Waals surface area contributed by atoms with Gasteiger partial charge < -0.3 is 9.47 Å². The minimum atomic E-state index is -0.210. The van der Waals surface area contributed by atoms with Crippen molar-refractivity contribution in [3.8, 4) is 11.5 Å². The summed E-state index contributed by atoms with van der Waals surface area (Å²) in [5.74, 6) is 1.14. The number of aromatic nitrogens is 1. The van der Waals surface area contributed by atoms with Crippen molar-refractivity contribution in [2.75, 3.05) is 6.79 Å². The standard InChI is InChI=1S/C14H12BrN3O3S/c1-8-17-10(6-22-8)3-14(19)18-16-5-9-2-12-13(4-11(9)15)21-7-20-12/h2,4-6H,3,7H2,1H3,(H,18,19)/b16-5-. The van der Waals surface area contributed by atoms with Crippen LogP contribution in [-0.2, 0) is 11.2 Å². The van der Waals surface area contributed by atoms with E-state index in [1.807, 2.05) is 18.4 Å². The van der Waals surface area contributed by atoms with Crippen molar-refractivity contribution >= 4 is 39.4 Å². The summed E-state index contributed by atoms with van der Waals surface area (Å²) >= 11 is 4.94. The van der Waals surface area contributed by atoms with Gasteiger partial charge in [0.2, 0.25) is 12.7 Å². The smallest absolute Gasteiger partial charge is 0.246 e. The average Bonchev–Trinajstić information content (AvgIpc) is 3.07. The van der Waals surface area contributed by atoms with E-state index in [2.05, 4.69) is 31.4 Å². The Hall–Kier alpha value is -1.93. The molecule has 0 saturated carbocycles. The van der Waals surface area contributed by atoms with E-state index in [0.717, 1.165) is 20.7 Å². The number of halogens is 1. The van der Waals surface area contributed by atoms with Gasteiger partial charge in [0.25, 0.3) is 0 Å². The van der Waals surface area contributed by atoms with Crippen LogP contribution in [-0.4, -0.2) is 23.9 Å². The number of nitrogens with zero attached hydrogens (tertiary/aromatic N) is 2. The molecule has 0 fully saturated rings. The lowest BCUT2D eigenvalue weighted by Crippen LogP contribution is -2.19. The van der Waals surface area contributed by atoms with Gasteiger partial charge in [-0.05, 0) is 35.0 Å². The summed E-state index contributed by atoms with van der Waals surface area (Å²) in [6.45, 7) is 2.12. The van der Waals surface area contributed by atoms with E-state index in [4.69, 9.17) is 9.47 Å². The molecule has 1 aliphatic rings. The van der Waals surface area contributed by atoms with Crippen molar-refractivity contribution in [1.29, 1.82) is 0 Å². The molecule has 1 aromatic heterocycles. The van der Waals surface area contributed by atoms with Crippen LogP contribution in [0.2, 0.25) is 0 Å². The Bertz CT molecular complexity index is 745. The second kappa shape index (κ2) is 6.45. The van der Waals surface area contributed by atoms with Gasteiger partial charge in [-0.1, -0.05) is 0 Å². The van der Waals surface area contributed by atoms with Crippen LogP contribution in [0.15, 0.2) is 27.1 Å². The zero-order chi connectivity index (χ0) is 15.5. The highest BCUT2D eigenvalue weighted by molar-refractivity contribution is 9.10. The van der Waals surface area contributed by atoms with Crippen LogP contribution in [0, 0.1) is 6.92 Å². The second-order valence-electron chi connectivity index (χ2n) is 4.55. The number of rotatable bonds is 4. The lowest BCUT2D eigenvalue weighted by molar-refractivity contribution is -0.120.